The lowest BCUT2D eigenvalue weighted by Crippen LogP contribution is -2.53. The number of aliphatic carboxylic acids is 1. The molecule has 4 rings (SSSR count). The standard InChI is InChI=1S/C30H31NO6/c1-2-17-31(19-21-13-15-24(16-14-21)37-23-11-7-4-8-12-23)28(32)25-18-26(27(25)29(33)34)30(35)36-20-22-9-5-3-6-10-22/h3-16,25-27H,2,17-20H2,1H3,(H,33,34). The Bertz CT molecular complexity index is 1200. The lowest BCUT2D eigenvalue weighted by Gasteiger charge is -2.41. The van der Waals surface area contributed by atoms with E-state index in [4.69, 9.17) is 9.47 Å². The van der Waals surface area contributed by atoms with Gasteiger partial charge in [-0.05, 0) is 48.2 Å². The zero-order chi connectivity index (χ0) is 26.2. The first-order chi connectivity index (χ1) is 18.0. The number of carboxylic acids is 1. The van der Waals surface area contributed by atoms with Gasteiger partial charge in [-0.25, -0.2) is 0 Å². The van der Waals surface area contributed by atoms with Gasteiger partial charge in [0.1, 0.15) is 18.1 Å². The van der Waals surface area contributed by atoms with Crippen LogP contribution >= 0.6 is 0 Å². The summed E-state index contributed by atoms with van der Waals surface area (Å²) in [5.74, 6) is -3.21. The Kier molecular flexibility index (Phi) is 8.56. The van der Waals surface area contributed by atoms with Crippen molar-refractivity contribution in [3.63, 3.8) is 0 Å². The average molecular weight is 502 g/mol. The van der Waals surface area contributed by atoms with Gasteiger partial charge in [-0.2, -0.15) is 0 Å². The first-order valence-corrected chi connectivity index (χ1v) is 12.5. The van der Waals surface area contributed by atoms with Crippen molar-refractivity contribution in [1.29, 1.82) is 0 Å². The summed E-state index contributed by atoms with van der Waals surface area (Å²) in [6, 6.07) is 26.2. The van der Waals surface area contributed by atoms with Crippen LogP contribution in [0.4, 0.5) is 0 Å². The second-order valence-corrected chi connectivity index (χ2v) is 9.22. The summed E-state index contributed by atoms with van der Waals surface area (Å²) in [7, 11) is 0. The fourth-order valence-corrected chi connectivity index (χ4v) is 4.61. The largest absolute Gasteiger partial charge is 0.481 e. The molecule has 0 radical (unpaired) electrons. The molecule has 1 fully saturated rings. The van der Waals surface area contributed by atoms with Crippen molar-refractivity contribution in [2.24, 2.45) is 17.8 Å². The molecular weight excluding hydrogens is 470 g/mol. The molecule has 0 aliphatic heterocycles. The predicted molar refractivity (Wildman–Crippen MR) is 138 cm³/mol. The van der Waals surface area contributed by atoms with E-state index >= 15 is 0 Å². The molecule has 1 amide bonds. The number of nitrogens with zero attached hydrogens (tertiary/aromatic N) is 1. The van der Waals surface area contributed by atoms with E-state index in [1.165, 1.54) is 0 Å². The van der Waals surface area contributed by atoms with Gasteiger partial charge in [0.05, 0.1) is 17.8 Å². The van der Waals surface area contributed by atoms with E-state index in [2.05, 4.69) is 0 Å². The van der Waals surface area contributed by atoms with Gasteiger partial charge in [-0.15, -0.1) is 0 Å². The normalized spacial score (nSPS) is 18.4. The van der Waals surface area contributed by atoms with Crippen LogP contribution < -0.4 is 4.74 Å². The highest BCUT2D eigenvalue weighted by Crippen LogP contribution is 2.43. The number of hydrogen-bond acceptors (Lipinski definition) is 5. The number of ether oxygens (including phenoxy) is 2. The number of carbonyl (C=O) groups excluding carboxylic acids is 2. The lowest BCUT2D eigenvalue weighted by molar-refractivity contribution is -0.175. The Labute approximate surface area is 216 Å². The summed E-state index contributed by atoms with van der Waals surface area (Å²) in [5, 5.41) is 9.82. The highest BCUT2D eigenvalue weighted by molar-refractivity contribution is 5.92. The zero-order valence-corrected chi connectivity index (χ0v) is 20.8. The molecule has 3 aromatic rings. The Balaban J connectivity index is 1.37. The second-order valence-electron chi connectivity index (χ2n) is 9.22. The SMILES string of the molecule is CCCN(Cc1ccc(Oc2ccccc2)cc1)C(=O)C1CC(C(=O)OCc2ccccc2)C1C(=O)O. The summed E-state index contributed by atoms with van der Waals surface area (Å²) < 4.78 is 11.2. The minimum Gasteiger partial charge on any atom is -0.481 e. The number of carbonyl (C=O) groups is 3. The molecule has 7 nitrogen and oxygen atoms in total. The predicted octanol–water partition coefficient (Wildman–Crippen LogP) is 5.30. The van der Waals surface area contributed by atoms with Gasteiger partial charge >= 0.3 is 11.9 Å². The maximum absolute atomic E-state index is 13.4. The number of benzene rings is 3. The van der Waals surface area contributed by atoms with Crippen molar-refractivity contribution in [3.05, 3.63) is 96.1 Å². The smallest absolute Gasteiger partial charge is 0.310 e. The van der Waals surface area contributed by atoms with Crippen LogP contribution in [-0.2, 0) is 32.3 Å². The molecule has 192 valence electrons. The topological polar surface area (TPSA) is 93.1 Å². The third-order valence-electron chi connectivity index (χ3n) is 6.58. The van der Waals surface area contributed by atoms with Gasteiger partial charge in [0, 0.05) is 13.1 Å². The molecule has 1 N–H and O–H groups in total. The number of amides is 1. The highest BCUT2D eigenvalue weighted by atomic mass is 16.5. The Morgan fingerprint density at radius 2 is 1.46 bits per heavy atom. The Hall–Kier alpha value is -4.13. The molecule has 3 aromatic carbocycles. The molecule has 0 heterocycles. The molecule has 1 aliphatic rings. The molecule has 7 heteroatoms. The second kappa shape index (κ2) is 12.2. The van der Waals surface area contributed by atoms with Gasteiger partial charge in [0.15, 0.2) is 0 Å². The third kappa shape index (κ3) is 6.55. The average Bonchev–Trinajstić information content (AvgIpc) is 2.88. The Morgan fingerprint density at radius 1 is 0.838 bits per heavy atom. The number of esters is 1. The maximum atomic E-state index is 13.4. The first kappa shape index (κ1) is 25.9. The van der Waals surface area contributed by atoms with Crippen molar-refractivity contribution in [3.8, 4) is 11.5 Å². The van der Waals surface area contributed by atoms with Gasteiger partial charge in [0.2, 0.25) is 5.91 Å². The number of carboxylic acid groups (broad SMARTS) is 1. The molecule has 37 heavy (non-hydrogen) atoms. The summed E-state index contributed by atoms with van der Waals surface area (Å²) in [6.07, 6.45) is 0.904. The van der Waals surface area contributed by atoms with E-state index in [0.29, 0.717) is 18.8 Å². The third-order valence-corrected chi connectivity index (χ3v) is 6.58. The van der Waals surface area contributed by atoms with E-state index in [9.17, 15) is 19.5 Å². The molecular formula is C30H31NO6. The van der Waals surface area contributed by atoms with Crippen molar-refractivity contribution in [1.82, 2.24) is 4.90 Å². The van der Waals surface area contributed by atoms with Gasteiger partial charge in [-0.3, -0.25) is 14.4 Å². The van der Waals surface area contributed by atoms with Crippen LogP contribution in [0, 0.1) is 17.8 Å². The minimum atomic E-state index is -1.15. The summed E-state index contributed by atoms with van der Waals surface area (Å²) >= 11 is 0. The highest BCUT2D eigenvalue weighted by Gasteiger charge is 2.54. The number of rotatable bonds is 11. The van der Waals surface area contributed by atoms with Crippen LogP contribution in [0.25, 0.3) is 0 Å². The van der Waals surface area contributed by atoms with E-state index in [0.717, 1.165) is 23.3 Å². The lowest BCUT2D eigenvalue weighted by atomic mass is 9.64. The quantitative estimate of drug-likeness (QED) is 0.359. The number of para-hydroxylation sites is 1. The molecule has 0 saturated heterocycles. The van der Waals surface area contributed by atoms with Crippen LogP contribution in [0.3, 0.4) is 0 Å². The van der Waals surface area contributed by atoms with Crippen LogP contribution in [0.15, 0.2) is 84.9 Å². The maximum Gasteiger partial charge on any atom is 0.310 e. The zero-order valence-electron chi connectivity index (χ0n) is 20.8. The van der Waals surface area contributed by atoms with Crippen LogP contribution in [-0.4, -0.2) is 34.4 Å². The van der Waals surface area contributed by atoms with E-state index in [1.54, 1.807) is 4.90 Å². The fraction of sp³-hybridized carbons (Fsp3) is 0.300. The summed E-state index contributed by atoms with van der Waals surface area (Å²) in [5.41, 5.74) is 1.73. The molecule has 0 aromatic heterocycles. The van der Waals surface area contributed by atoms with Crippen molar-refractivity contribution in [2.45, 2.75) is 32.9 Å². The van der Waals surface area contributed by atoms with Gasteiger partial charge < -0.3 is 19.5 Å². The molecule has 0 bridgehead atoms. The molecule has 0 spiro atoms. The van der Waals surface area contributed by atoms with Gasteiger partial charge in [0.25, 0.3) is 0 Å². The van der Waals surface area contributed by atoms with Crippen molar-refractivity contribution in [2.75, 3.05) is 6.54 Å². The summed E-state index contributed by atoms with van der Waals surface area (Å²) in [6.45, 7) is 2.89. The fourth-order valence-electron chi connectivity index (χ4n) is 4.61. The van der Waals surface area contributed by atoms with Crippen LogP contribution in [0.2, 0.25) is 0 Å². The molecule has 3 unspecified atom stereocenters. The van der Waals surface area contributed by atoms with Gasteiger partial charge in [-0.1, -0.05) is 67.6 Å². The van der Waals surface area contributed by atoms with E-state index < -0.39 is 29.7 Å². The van der Waals surface area contributed by atoms with E-state index in [1.807, 2.05) is 91.9 Å². The van der Waals surface area contributed by atoms with Crippen LogP contribution in [0.1, 0.15) is 30.9 Å². The summed E-state index contributed by atoms with van der Waals surface area (Å²) in [4.78, 5) is 39.7. The molecule has 1 saturated carbocycles. The molecule has 1 aliphatic carbocycles. The van der Waals surface area contributed by atoms with Crippen molar-refractivity contribution >= 4 is 17.8 Å². The monoisotopic (exact) mass is 501 g/mol. The minimum absolute atomic E-state index is 0.0765. The van der Waals surface area contributed by atoms with Crippen LogP contribution in [0.5, 0.6) is 11.5 Å². The van der Waals surface area contributed by atoms with Crippen molar-refractivity contribution < 1.29 is 29.0 Å². The molecule has 3 atom stereocenters. The van der Waals surface area contributed by atoms with E-state index in [-0.39, 0.29) is 18.9 Å². The Morgan fingerprint density at radius 3 is 2.08 bits per heavy atom. The number of hydrogen-bond donors (Lipinski definition) is 1. The first-order valence-electron chi connectivity index (χ1n) is 12.5.